The Morgan fingerprint density at radius 2 is 1.88 bits per heavy atom. The number of halogens is 1. The monoisotopic (exact) mass is 387 g/mol. The number of aryl methyl sites for hydroxylation is 1. The summed E-state index contributed by atoms with van der Waals surface area (Å²) in [6, 6.07) is 17.6. The summed E-state index contributed by atoms with van der Waals surface area (Å²) in [5, 5.41) is 3.91. The van der Waals surface area contributed by atoms with Crippen LogP contribution in [-0.4, -0.2) is 4.98 Å². The fourth-order valence-corrected chi connectivity index (χ4v) is 4.82. The van der Waals surface area contributed by atoms with Crippen LogP contribution in [0.1, 0.15) is 28.2 Å². The molecule has 25 heavy (non-hydrogen) atoms. The van der Waals surface area contributed by atoms with Gasteiger partial charge in [-0.3, -0.25) is 0 Å². The van der Waals surface area contributed by atoms with Gasteiger partial charge in [-0.05, 0) is 80.5 Å². The Bertz CT molecular complexity index is 1150. The molecule has 5 rings (SSSR count). The van der Waals surface area contributed by atoms with Gasteiger partial charge in [-0.15, -0.1) is 0 Å². The number of H-pyrrole nitrogens is 1. The van der Waals surface area contributed by atoms with Crippen LogP contribution in [0.2, 0.25) is 0 Å². The number of benzene rings is 2. The van der Waals surface area contributed by atoms with Crippen LogP contribution in [0.15, 0.2) is 65.3 Å². The predicted molar refractivity (Wildman–Crippen MR) is 110 cm³/mol. The summed E-state index contributed by atoms with van der Waals surface area (Å²) in [5.41, 5.74) is 6.82. The van der Waals surface area contributed by atoms with Gasteiger partial charge in [0.15, 0.2) is 0 Å². The molecule has 0 saturated carbocycles. The highest BCUT2D eigenvalue weighted by molar-refractivity contribution is 9.10. The average molecular weight is 388 g/mol. The van der Waals surface area contributed by atoms with E-state index in [1.54, 1.807) is 0 Å². The number of hydrogen-bond donors (Lipinski definition) is 1. The van der Waals surface area contributed by atoms with Gasteiger partial charge in [-0.1, -0.05) is 42.5 Å². The number of rotatable bonds is 2. The summed E-state index contributed by atoms with van der Waals surface area (Å²) in [5.74, 6) is 0.467. The van der Waals surface area contributed by atoms with Crippen molar-refractivity contribution in [3.05, 3.63) is 87.5 Å². The van der Waals surface area contributed by atoms with Gasteiger partial charge in [0.2, 0.25) is 0 Å². The van der Waals surface area contributed by atoms with Crippen LogP contribution >= 0.6 is 15.9 Å². The summed E-state index contributed by atoms with van der Waals surface area (Å²) in [7, 11) is 0. The van der Waals surface area contributed by atoms with Gasteiger partial charge in [0.25, 0.3) is 0 Å². The first kappa shape index (κ1) is 15.0. The fourth-order valence-electron chi connectivity index (χ4n) is 4.15. The number of allylic oxidation sites excluding steroid dienone is 1. The molecule has 0 fully saturated rings. The summed E-state index contributed by atoms with van der Waals surface area (Å²) in [4.78, 5) is 3.39. The van der Waals surface area contributed by atoms with E-state index in [1.807, 2.05) is 6.20 Å². The van der Waals surface area contributed by atoms with E-state index in [2.05, 4.69) is 88.5 Å². The summed E-state index contributed by atoms with van der Waals surface area (Å²) < 4.78 is 1.19. The Kier molecular flexibility index (Phi) is 3.36. The molecule has 0 spiro atoms. The molecule has 1 nitrogen and oxygen atoms in total. The Morgan fingerprint density at radius 1 is 1.00 bits per heavy atom. The fraction of sp³-hybridized carbons (Fsp3) is 0.130. The molecular weight excluding hydrogens is 370 g/mol. The molecule has 3 aromatic carbocycles. The van der Waals surface area contributed by atoms with E-state index in [4.69, 9.17) is 0 Å². The molecule has 0 bridgehead atoms. The average Bonchev–Trinajstić information content (AvgIpc) is 3.18. The molecule has 1 unspecified atom stereocenters. The lowest BCUT2D eigenvalue weighted by Gasteiger charge is -2.12. The van der Waals surface area contributed by atoms with Crippen LogP contribution in [-0.2, 0) is 6.42 Å². The number of aromatic amines is 1. The Morgan fingerprint density at radius 3 is 2.80 bits per heavy atom. The SMILES string of the molecule is Cc1cc2c(Br)c3ccc[nH]c3cc2c1CC1C=Cc2ccccc21. The molecule has 0 aliphatic heterocycles. The second-order valence-electron chi connectivity index (χ2n) is 6.89. The highest BCUT2D eigenvalue weighted by Gasteiger charge is 2.21. The second kappa shape index (κ2) is 5.60. The maximum atomic E-state index is 3.83. The van der Waals surface area contributed by atoms with Crippen LogP contribution in [0.5, 0.6) is 0 Å². The Hall–Kier alpha value is -2.32. The standard InChI is InChI=1S/C23H18BrN/c1-14-11-21-20(13-22-18(23(21)24)7-4-10-25-22)19(14)12-16-9-8-15-5-2-3-6-17(15)16/h2-11,13,16,25H,12H2,1H3. The number of pyridine rings is 1. The molecule has 1 aromatic heterocycles. The molecule has 0 saturated heterocycles. The molecule has 1 aliphatic carbocycles. The van der Waals surface area contributed by atoms with Gasteiger partial charge < -0.3 is 4.98 Å². The van der Waals surface area contributed by atoms with Crippen LogP contribution in [0, 0.1) is 6.92 Å². The minimum Gasteiger partial charge on any atom is -0.361 e. The van der Waals surface area contributed by atoms with Crippen molar-refractivity contribution in [1.29, 1.82) is 0 Å². The number of aromatic nitrogens is 1. The molecule has 1 N–H and O–H groups in total. The zero-order valence-electron chi connectivity index (χ0n) is 14.0. The first-order chi connectivity index (χ1) is 12.2. The molecule has 0 radical (unpaired) electrons. The molecular formula is C23H18BrN. The zero-order chi connectivity index (χ0) is 17.0. The molecule has 122 valence electrons. The molecule has 2 heteroatoms. The lowest BCUT2D eigenvalue weighted by Crippen LogP contribution is -1.99. The van der Waals surface area contributed by atoms with E-state index in [1.165, 1.54) is 48.4 Å². The van der Waals surface area contributed by atoms with Crippen molar-refractivity contribution >= 4 is 43.7 Å². The first-order valence-corrected chi connectivity index (χ1v) is 9.46. The minimum absolute atomic E-state index is 0.467. The highest BCUT2D eigenvalue weighted by atomic mass is 79.9. The number of fused-ring (bicyclic) bond motifs is 3. The van der Waals surface area contributed by atoms with Gasteiger partial charge in [0.05, 0.1) is 0 Å². The van der Waals surface area contributed by atoms with Crippen molar-refractivity contribution in [1.82, 2.24) is 4.98 Å². The van der Waals surface area contributed by atoms with Gasteiger partial charge in [-0.25, -0.2) is 0 Å². The van der Waals surface area contributed by atoms with E-state index in [9.17, 15) is 0 Å². The van der Waals surface area contributed by atoms with Crippen LogP contribution in [0.4, 0.5) is 0 Å². The van der Waals surface area contributed by atoms with Crippen molar-refractivity contribution < 1.29 is 0 Å². The van der Waals surface area contributed by atoms with Crippen LogP contribution in [0.25, 0.3) is 27.8 Å². The predicted octanol–water partition coefficient (Wildman–Crippen LogP) is 6.75. The van der Waals surface area contributed by atoms with Gasteiger partial charge in [-0.2, -0.15) is 0 Å². The van der Waals surface area contributed by atoms with Crippen molar-refractivity contribution in [3.8, 4) is 0 Å². The van der Waals surface area contributed by atoms with Gasteiger partial charge in [0, 0.05) is 27.5 Å². The van der Waals surface area contributed by atoms with Crippen molar-refractivity contribution in [2.24, 2.45) is 0 Å². The normalized spacial score (nSPS) is 16.0. The van der Waals surface area contributed by atoms with Crippen molar-refractivity contribution in [2.45, 2.75) is 19.3 Å². The van der Waals surface area contributed by atoms with E-state index in [-0.39, 0.29) is 0 Å². The Labute approximate surface area is 155 Å². The molecule has 0 amide bonds. The summed E-state index contributed by atoms with van der Waals surface area (Å²) in [6.45, 7) is 2.24. The number of nitrogens with one attached hydrogen (secondary N) is 1. The third kappa shape index (κ3) is 2.28. The van der Waals surface area contributed by atoms with E-state index >= 15 is 0 Å². The summed E-state index contributed by atoms with van der Waals surface area (Å²) in [6.07, 6.45) is 7.66. The second-order valence-corrected chi connectivity index (χ2v) is 7.68. The van der Waals surface area contributed by atoms with E-state index in [0.29, 0.717) is 5.92 Å². The number of hydrogen-bond acceptors (Lipinski definition) is 0. The minimum atomic E-state index is 0.467. The third-order valence-electron chi connectivity index (χ3n) is 5.43. The Balaban J connectivity index is 1.67. The maximum absolute atomic E-state index is 3.83. The van der Waals surface area contributed by atoms with Gasteiger partial charge >= 0.3 is 0 Å². The van der Waals surface area contributed by atoms with Crippen LogP contribution < -0.4 is 0 Å². The highest BCUT2D eigenvalue weighted by Crippen LogP contribution is 2.40. The molecule has 4 aromatic rings. The van der Waals surface area contributed by atoms with E-state index < -0.39 is 0 Å². The summed E-state index contributed by atoms with van der Waals surface area (Å²) >= 11 is 3.83. The quantitative estimate of drug-likeness (QED) is 0.391. The zero-order valence-corrected chi connectivity index (χ0v) is 15.6. The topological polar surface area (TPSA) is 15.8 Å². The largest absolute Gasteiger partial charge is 0.361 e. The van der Waals surface area contributed by atoms with E-state index in [0.717, 1.165) is 6.42 Å². The third-order valence-corrected chi connectivity index (χ3v) is 6.28. The molecule has 1 aliphatic rings. The first-order valence-electron chi connectivity index (χ1n) is 8.67. The lowest BCUT2D eigenvalue weighted by atomic mass is 9.92. The van der Waals surface area contributed by atoms with Gasteiger partial charge in [0.1, 0.15) is 0 Å². The smallest absolute Gasteiger partial charge is 0.0471 e. The lowest BCUT2D eigenvalue weighted by molar-refractivity contribution is 0.852. The molecule has 1 heterocycles. The van der Waals surface area contributed by atoms with Crippen LogP contribution in [0.3, 0.4) is 0 Å². The molecule has 1 atom stereocenters. The van der Waals surface area contributed by atoms with Crippen molar-refractivity contribution in [2.75, 3.05) is 0 Å². The van der Waals surface area contributed by atoms with Crippen molar-refractivity contribution in [3.63, 3.8) is 0 Å². The maximum Gasteiger partial charge on any atom is 0.0471 e.